The lowest BCUT2D eigenvalue weighted by Gasteiger charge is -2.23. The second kappa shape index (κ2) is 11.6. The Balaban J connectivity index is 2.81. The number of rotatable bonds is 9. The summed E-state index contributed by atoms with van der Waals surface area (Å²) in [4.78, 5) is 13.9. The molecule has 0 spiro atoms. The molecule has 0 unspecified atom stereocenters. The summed E-state index contributed by atoms with van der Waals surface area (Å²) in [7, 11) is 0. The number of allylic oxidation sites excluding steroid dienone is 1. The van der Waals surface area contributed by atoms with Crippen LogP contribution in [0.5, 0.6) is 0 Å². The molecule has 0 fully saturated rings. The monoisotopic (exact) mass is 476 g/mol. The van der Waals surface area contributed by atoms with E-state index < -0.39 is 0 Å². The molecule has 35 heavy (non-hydrogen) atoms. The Morgan fingerprint density at radius 2 is 0.829 bits per heavy atom. The second-order valence-corrected chi connectivity index (χ2v) is 12.0. The van der Waals surface area contributed by atoms with E-state index >= 15 is 0 Å². The third-order valence-electron chi connectivity index (χ3n) is 7.04. The third-order valence-corrected chi connectivity index (χ3v) is 7.04. The van der Waals surface area contributed by atoms with Crippen LogP contribution in [0, 0.1) is 0 Å². The molecule has 192 valence electrons. The molecule has 0 atom stereocenters. The quantitative estimate of drug-likeness (QED) is 0.222. The van der Waals surface area contributed by atoms with Gasteiger partial charge in [-0.15, -0.1) is 0 Å². The Morgan fingerprint density at radius 1 is 0.543 bits per heavy atom. The minimum Gasteiger partial charge on any atom is -0.507 e. The summed E-state index contributed by atoms with van der Waals surface area (Å²) in [5, 5.41) is 11.5. The minimum atomic E-state index is -0.109. The maximum Gasteiger partial charge on any atom is 0.190 e. The van der Waals surface area contributed by atoms with E-state index in [2.05, 4.69) is 107 Å². The van der Waals surface area contributed by atoms with Gasteiger partial charge in [0.2, 0.25) is 0 Å². The van der Waals surface area contributed by atoms with Crippen LogP contribution in [0.4, 0.5) is 0 Å². The maximum atomic E-state index is 13.9. The standard InChI is InChI=1S/C33H48O2/c1-18(2)24-13-26(20(5)6)32(27(14-24)21(7)8)30(34)17-31(35)33-28(22(9)10)15-25(19(3)4)16-29(33)23(11)12/h13-23,34H,1-12H3. The first-order chi connectivity index (χ1) is 16.2. The lowest BCUT2D eigenvalue weighted by molar-refractivity contribution is 0.104. The van der Waals surface area contributed by atoms with Crippen LogP contribution in [0.2, 0.25) is 0 Å². The summed E-state index contributed by atoms with van der Waals surface area (Å²) in [5.41, 5.74) is 8.44. The van der Waals surface area contributed by atoms with E-state index in [9.17, 15) is 9.90 Å². The first-order valence-electron chi connectivity index (χ1n) is 13.5. The zero-order valence-corrected chi connectivity index (χ0v) is 24.2. The van der Waals surface area contributed by atoms with Crippen molar-refractivity contribution >= 4 is 11.5 Å². The molecule has 2 aromatic rings. The Kier molecular flexibility index (Phi) is 9.56. The third kappa shape index (κ3) is 6.46. The zero-order valence-electron chi connectivity index (χ0n) is 24.2. The van der Waals surface area contributed by atoms with Crippen molar-refractivity contribution in [1.82, 2.24) is 0 Å². The van der Waals surface area contributed by atoms with Crippen LogP contribution in [0.3, 0.4) is 0 Å². The molecule has 0 heterocycles. The second-order valence-electron chi connectivity index (χ2n) is 12.0. The van der Waals surface area contributed by atoms with Gasteiger partial charge in [-0.3, -0.25) is 4.79 Å². The summed E-state index contributed by atoms with van der Waals surface area (Å²) in [6, 6.07) is 8.80. The van der Waals surface area contributed by atoms with Crippen LogP contribution in [0.15, 0.2) is 30.3 Å². The van der Waals surface area contributed by atoms with Gasteiger partial charge in [-0.05, 0) is 68.9 Å². The van der Waals surface area contributed by atoms with Crippen molar-refractivity contribution in [2.24, 2.45) is 0 Å². The minimum absolute atomic E-state index is 0.0788. The highest BCUT2D eigenvalue weighted by Gasteiger charge is 2.24. The molecule has 2 rings (SSSR count). The largest absolute Gasteiger partial charge is 0.507 e. The normalized spacial score (nSPS) is 12.8. The molecule has 0 aliphatic rings. The highest BCUT2D eigenvalue weighted by molar-refractivity contribution is 6.10. The number of aliphatic hydroxyl groups is 1. The fraction of sp³-hybridized carbons (Fsp3) is 0.545. The molecule has 0 radical (unpaired) electrons. The van der Waals surface area contributed by atoms with E-state index in [1.165, 1.54) is 17.2 Å². The van der Waals surface area contributed by atoms with Crippen molar-refractivity contribution in [2.75, 3.05) is 0 Å². The Morgan fingerprint density at radius 3 is 1.09 bits per heavy atom. The van der Waals surface area contributed by atoms with Crippen molar-refractivity contribution in [1.29, 1.82) is 0 Å². The van der Waals surface area contributed by atoms with Crippen LogP contribution >= 0.6 is 0 Å². The van der Waals surface area contributed by atoms with Gasteiger partial charge in [-0.2, -0.15) is 0 Å². The summed E-state index contributed by atoms with van der Waals surface area (Å²) in [5.74, 6) is 1.64. The number of ketones is 1. The number of hydrogen-bond donors (Lipinski definition) is 1. The molecule has 1 N–H and O–H groups in total. The van der Waals surface area contributed by atoms with Crippen molar-refractivity contribution < 1.29 is 9.90 Å². The first-order valence-corrected chi connectivity index (χ1v) is 13.5. The fourth-order valence-corrected chi connectivity index (χ4v) is 4.76. The van der Waals surface area contributed by atoms with Crippen LogP contribution in [-0.4, -0.2) is 10.9 Å². The molecule has 0 aromatic heterocycles. The van der Waals surface area contributed by atoms with Gasteiger partial charge in [0.05, 0.1) is 0 Å². The molecule has 2 aromatic carbocycles. The number of benzene rings is 2. The van der Waals surface area contributed by atoms with Gasteiger partial charge in [0.25, 0.3) is 0 Å². The number of carbonyl (C=O) groups is 1. The van der Waals surface area contributed by atoms with Crippen molar-refractivity contribution in [2.45, 2.75) is 119 Å². The van der Waals surface area contributed by atoms with Gasteiger partial charge in [-0.1, -0.05) is 107 Å². The average Bonchev–Trinajstić information content (AvgIpc) is 2.76. The molecule has 2 nitrogen and oxygen atoms in total. The van der Waals surface area contributed by atoms with Gasteiger partial charge in [0.1, 0.15) is 5.76 Å². The lowest BCUT2D eigenvalue weighted by atomic mass is 9.81. The zero-order chi connectivity index (χ0) is 26.8. The van der Waals surface area contributed by atoms with Crippen LogP contribution in [0.25, 0.3) is 5.76 Å². The van der Waals surface area contributed by atoms with E-state index in [4.69, 9.17) is 0 Å². The van der Waals surface area contributed by atoms with Crippen molar-refractivity contribution in [3.63, 3.8) is 0 Å². The summed E-state index contributed by atoms with van der Waals surface area (Å²) >= 11 is 0. The molecule has 0 aliphatic heterocycles. The van der Waals surface area contributed by atoms with E-state index in [1.54, 1.807) is 0 Å². The number of aliphatic hydroxyl groups excluding tert-OH is 1. The SMILES string of the molecule is CC(C)c1cc(C(C)C)c(C(=O)C=C(O)c2c(C(C)C)cc(C(C)C)cc2C(C)C)c(C(C)C)c1. The van der Waals surface area contributed by atoms with E-state index in [0.717, 1.165) is 33.4 Å². The summed E-state index contributed by atoms with van der Waals surface area (Å²) in [6.07, 6.45) is 1.48. The van der Waals surface area contributed by atoms with Gasteiger partial charge < -0.3 is 5.11 Å². The van der Waals surface area contributed by atoms with Crippen molar-refractivity contribution in [3.8, 4) is 0 Å². The smallest absolute Gasteiger partial charge is 0.190 e. The average molecular weight is 477 g/mol. The predicted molar refractivity (Wildman–Crippen MR) is 152 cm³/mol. The molecular formula is C33H48O2. The fourth-order valence-electron chi connectivity index (χ4n) is 4.76. The van der Waals surface area contributed by atoms with Gasteiger partial charge in [0.15, 0.2) is 5.78 Å². The molecule has 0 aliphatic carbocycles. The predicted octanol–water partition coefficient (Wildman–Crippen LogP) is 10.2. The molecule has 2 heteroatoms. The van der Waals surface area contributed by atoms with E-state index in [0.29, 0.717) is 11.8 Å². The number of carbonyl (C=O) groups excluding carboxylic acids is 1. The van der Waals surface area contributed by atoms with Gasteiger partial charge >= 0.3 is 0 Å². The summed E-state index contributed by atoms with van der Waals surface area (Å²) in [6.45, 7) is 26.0. The molecule has 0 saturated carbocycles. The Bertz CT molecular complexity index is 1020. The highest BCUT2D eigenvalue weighted by Crippen LogP contribution is 2.37. The summed E-state index contributed by atoms with van der Waals surface area (Å²) < 4.78 is 0. The van der Waals surface area contributed by atoms with Gasteiger partial charge in [-0.25, -0.2) is 0 Å². The Labute approximate surface area is 214 Å². The number of hydrogen-bond acceptors (Lipinski definition) is 2. The molecule has 0 amide bonds. The van der Waals surface area contributed by atoms with Crippen LogP contribution < -0.4 is 0 Å². The topological polar surface area (TPSA) is 37.3 Å². The first kappa shape index (κ1) is 28.9. The molecular weight excluding hydrogens is 428 g/mol. The highest BCUT2D eigenvalue weighted by atomic mass is 16.3. The van der Waals surface area contributed by atoms with Crippen LogP contribution in [0.1, 0.15) is 168 Å². The lowest BCUT2D eigenvalue weighted by Crippen LogP contribution is -2.12. The van der Waals surface area contributed by atoms with E-state index in [1.807, 2.05) is 0 Å². The van der Waals surface area contributed by atoms with Crippen molar-refractivity contribution in [3.05, 3.63) is 74.8 Å². The molecule has 0 bridgehead atoms. The van der Waals surface area contributed by atoms with Gasteiger partial charge in [0, 0.05) is 17.2 Å². The maximum absolute atomic E-state index is 13.9. The Hall–Kier alpha value is -2.35. The van der Waals surface area contributed by atoms with Crippen LogP contribution in [-0.2, 0) is 0 Å². The molecule has 0 saturated heterocycles. The van der Waals surface area contributed by atoms with E-state index in [-0.39, 0.29) is 35.2 Å².